The van der Waals surface area contributed by atoms with E-state index in [0.717, 1.165) is 75.4 Å². The maximum atomic E-state index is 13.8. The molecular formula is C35H47F2N5O2. The number of alkyl halides is 2. The van der Waals surface area contributed by atoms with Gasteiger partial charge in [0.25, 0.3) is 5.91 Å². The van der Waals surface area contributed by atoms with E-state index in [2.05, 4.69) is 45.7 Å². The van der Waals surface area contributed by atoms with E-state index in [1.807, 2.05) is 17.9 Å². The third kappa shape index (κ3) is 5.47. The topological polar surface area (TPSA) is 61.7 Å². The van der Waals surface area contributed by atoms with Crippen molar-refractivity contribution in [3.05, 3.63) is 52.8 Å². The van der Waals surface area contributed by atoms with E-state index < -0.39 is 11.8 Å². The number of likely N-dealkylation sites (tertiary alicyclic amines) is 3. The number of hydrogen-bond donors (Lipinski definition) is 0. The molecule has 2 amide bonds. The lowest BCUT2D eigenvalue weighted by molar-refractivity contribution is -0.159. The Balaban J connectivity index is 0.969. The molecule has 1 aromatic heterocycles. The summed E-state index contributed by atoms with van der Waals surface area (Å²) in [5, 5.41) is 4.85. The van der Waals surface area contributed by atoms with Crippen LogP contribution in [0.25, 0.3) is 0 Å². The van der Waals surface area contributed by atoms with Crippen LogP contribution in [-0.2, 0) is 10.2 Å². The summed E-state index contributed by atoms with van der Waals surface area (Å²) in [5.41, 5.74) is 3.78. The molecule has 0 bridgehead atoms. The third-order valence-electron chi connectivity index (χ3n) is 11.7. The van der Waals surface area contributed by atoms with Gasteiger partial charge in [-0.25, -0.2) is 8.78 Å². The highest BCUT2D eigenvalue weighted by molar-refractivity contribution is 5.96. The monoisotopic (exact) mass is 607 g/mol. The van der Waals surface area contributed by atoms with Gasteiger partial charge in [0.2, 0.25) is 11.8 Å². The highest BCUT2D eigenvalue weighted by atomic mass is 19.3. The van der Waals surface area contributed by atoms with Crippen molar-refractivity contribution >= 4 is 11.8 Å². The number of amides is 2. The molecule has 2 aromatic rings. The molecule has 3 atom stereocenters. The molecule has 3 unspecified atom stereocenters. The SMILES string of the molecule is Cc1nn(C2CCCCC2)c(C)c1C(=O)N1CC2CN(CCC3(c4ccccc4)CCN(C(=O)C4CC(F)(F)C4)C3)CC2C1. The third-order valence-corrected chi connectivity index (χ3v) is 11.7. The zero-order valence-electron chi connectivity index (χ0n) is 26.3. The van der Waals surface area contributed by atoms with Gasteiger partial charge in [0.15, 0.2) is 0 Å². The van der Waals surface area contributed by atoms with Crippen LogP contribution in [0.1, 0.15) is 91.1 Å². The minimum atomic E-state index is -2.68. The van der Waals surface area contributed by atoms with Gasteiger partial charge in [0, 0.05) is 69.1 Å². The molecule has 0 spiro atoms. The summed E-state index contributed by atoms with van der Waals surface area (Å²) >= 11 is 0. The predicted molar refractivity (Wildman–Crippen MR) is 165 cm³/mol. The van der Waals surface area contributed by atoms with E-state index in [1.165, 1.54) is 24.8 Å². The van der Waals surface area contributed by atoms with E-state index in [4.69, 9.17) is 5.10 Å². The Kier molecular flexibility index (Phi) is 7.82. The number of benzene rings is 1. The van der Waals surface area contributed by atoms with Crippen molar-refractivity contribution in [3.63, 3.8) is 0 Å². The Morgan fingerprint density at radius 3 is 2.27 bits per heavy atom. The second-order valence-electron chi connectivity index (χ2n) is 14.6. The van der Waals surface area contributed by atoms with Crippen LogP contribution >= 0.6 is 0 Å². The van der Waals surface area contributed by atoms with Crippen LogP contribution < -0.4 is 0 Å². The molecule has 2 saturated carbocycles. The normalized spacial score (nSPS) is 29.3. The fraction of sp³-hybridized carbons (Fsp3) is 0.686. The number of carbonyl (C=O) groups excluding carboxylic acids is 2. The lowest BCUT2D eigenvalue weighted by Gasteiger charge is -2.37. The van der Waals surface area contributed by atoms with Crippen LogP contribution in [0.3, 0.4) is 0 Å². The van der Waals surface area contributed by atoms with E-state index in [0.29, 0.717) is 31.0 Å². The van der Waals surface area contributed by atoms with Gasteiger partial charge in [0.1, 0.15) is 0 Å². The molecule has 7 rings (SSSR count). The average Bonchev–Trinajstić information content (AvgIpc) is 3.77. The summed E-state index contributed by atoms with van der Waals surface area (Å²) in [4.78, 5) is 33.3. The summed E-state index contributed by atoms with van der Waals surface area (Å²) in [6.07, 6.45) is 7.26. The summed E-state index contributed by atoms with van der Waals surface area (Å²) in [5.74, 6) is -2.21. The number of fused-ring (bicyclic) bond motifs is 1. The zero-order chi connectivity index (χ0) is 30.6. The molecule has 4 heterocycles. The van der Waals surface area contributed by atoms with E-state index >= 15 is 0 Å². The number of aryl methyl sites for hydroxylation is 1. The van der Waals surface area contributed by atoms with Gasteiger partial charge in [-0.15, -0.1) is 0 Å². The largest absolute Gasteiger partial charge is 0.342 e. The van der Waals surface area contributed by atoms with E-state index in [1.54, 1.807) is 0 Å². The van der Waals surface area contributed by atoms with Crippen molar-refractivity contribution in [2.24, 2.45) is 17.8 Å². The van der Waals surface area contributed by atoms with Crippen molar-refractivity contribution in [2.45, 2.75) is 89.0 Å². The van der Waals surface area contributed by atoms with Crippen molar-refractivity contribution in [1.29, 1.82) is 0 Å². The van der Waals surface area contributed by atoms with Gasteiger partial charge in [-0.3, -0.25) is 14.3 Å². The molecule has 44 heavy (non-hydrogen) atoms. The maximum absolute atomic E-state index is 13.8. The van der Waals surface area contributed by atoms with Crippen molar-refractivity contribution < 1.29 is 18.4 Å². The number of hydrogen-bond acceptors (Lipinski definition) is 4. The van der Waals surface area contributed by atoms with Crippen LogP contribution in [0.4, 0.5) is 8.78 Å². The average molecular weight is 608 g/mol. The molecule has 7 nitrogen and oxygen atoms in total. The fourth-order valence-electron chi connectivity index (χ4n) is 9.15. The number of aromatic nitrogens is 2. The summed E-state index contributed by atoms with van der Waals surface area (Å²) in [6.45, 7) is 9.80. The Morgan fingerprint density at radius 1 is 0.932 bits per heavy atom. The standard InChI is InChI=1S/C35H47F2N5O2/c1-24-31(25(2)42(38-24)30-11-7-4-8-12-30)33(44)41-21-27-19-39(20-28(27)22-41)15-13-34(29-9-5-3-6-10-29)14-16-40(23-34)32(43)26-17-35(36,37)18-26/h3,5-6,9-10,26-28,30H,4,7-8,11-23H2,1-2H3. The minimum Gasteiger partial charge on any atom is -0.342 e. The zero-order valence-corrected chi connectivity index (χ0v) is 26.3. The molecule has 5 aliphatic rings. The van der Waals surface area contributed by atoms with Gasteiger partial charge in [-0.05, 0) is 63.5 Å². The molecular weight excluding hydrogens is 560 g/mol. The first kappa shape index (κ1) is 29.9. The number of carbonyl (C=O) groups is 2. The first-order valence-corrected chi connectivity index (χ1v) is 16.9. The maximum Gasteiger partial charge on any atom is 0.257 e. The number of nitrogens with zero attached hydrogens (tertiary/aromatic N) is 5. The van der Waals surface area contributed by atoms with Gasteiger partial charge >= 0.3 is 0 Å². The van der Waals surface area contributed by atoms with Gasteiger partial charge in [-0.2, -0.15) is 5.10 Å². The molecule has 1 aromatic carbocycles. The van der Waals surface area contributed by atoms with Crippen LogP contribution in [0.5, 0.6) is 0 Å². The Labute approximate surface area is 259 Å². The van der Waals surface area contributed by atoms with Crippen LogP contribution in [0.2, 0.25) is 0 Å². The molecule has 3 aliphatic heterocycles. The fourth-order valence-corrected chi connectivity index (χ4v) is 9.15. The first-order chi connectivity index (χ1) is 21.1. The predicted octanol–water partition coefficient (Wildman–Crippen LogP) is 5.61. The van der Waals surface area contributed by atoms with Gasteiger partial charge < -0.3 is 14.7 Å². The molecule has 2 aliphatic carbocycles. The summed E-state index contributed by atoms with van der Waals surface area (Å²) in [7, 11) is 0. The van der Waals surface area contributed by atoms with E-state index in [9.17, 15) is 18.4 Å². The van der Waals surface area contributed by atoms with Crippen LogP contribution in [0.15, 0.2) is 30.3 Å². The molecule has 9 heteroatoms. The highest BCUT2D eigenvalue weighted by Gasteiger charge is 2.52. The smallest absolute Gasteiger partial charge is 0.257 e. The second kappa shape index (κ2) is 11.5. The quantitative estimate of drug-likeness (QED) is 0.411. The lowest BCUT2D eigenvalue weighted by Crippen LogP contribution is -2.47. The Morgan fingerprint density at radius 2 is 1.61 bits per heavy atom. The second-order valence-corrected chi connectivity index (χ2v) is 14.6. The van der Waals surface area contributed by atoms with E-state index in [-0.39, 0.29) is 30.1 Å². The molecule has 5 fully saturated rings. The summed E-state index contributed by atoms with van der Waals surface area (Å²) in [6, 6.07) is 10.9. The molecule has 0 radical (unpaired) electrons. The molecule has 238 valence electrons. The van der Waals surface area contributed by atoms with Gasteiger partial charge in [0.05, 0.1) is 17.3 Å². The number of halogens is 2. The summed E-state index contributed by atoms with van der Waals surface area (Å²) < 4.78 is 29.1. The first-order valence-electron chi connectivity index (χ1n) is 16.9. The van der Waals surface area contributed by atoms with Crippen molar-refractivity contribution in [3.8, 4) is 0 Å². The highest BCUT2D eigenvalue weighted by Crippen LogP contribution is 2.46. The minimum absolute atomic E-state index is 0.0936. The van der Waals surface area contributed by atoms with Gasteiger partial charge in [-0.1, -0.05) is 49.6 Å². The van der Waals surface area contributed by atoms with Crippen LogP contribution in [-0.4, -0.2) is 88.0 Å². The Hall–Kier alpha value is -2.81. The molecule has 3 saturated heterocycles. The van der Waals surface area contributed by atoms with Crippen molar-refractivity contribution in [1.82, 2.24) is 24.5 Å². The van der Waals surface area contributed by atoms with Crippen LogP contribution in [0, 0.1) is 31.6 Å². The number of rotatable bonds is 7. The molecule has 0 N–H and O–H groups in total. The Bertz CT molecular complexity index is 1370. The lowest BCUT2D eigenvalue weighted by atomic mass is 9.76. The van der Waals surface area contributed by atoms with Crippen molar-refractivity contribution in [2.75, 3.05) is 45.8 Å².